The SMILES string of the molecule is Cc1cc(CN)nc(NC(CO)C(C)C)n1. The third kappa shape index (κ3) is 3.43. The maximum atomic E-state index is 9.21. The van der Waals surface area contributed by atoms with E-state index in [-0.39, 0.29) is 12.6 Å². The molecule has 0 saturated heterocycles. The van der Waals surface area contributed by atoms with E-state index < -0.39 is 0 Å². The van der Waals surface area contributed by atoms with Crippen LogP contribution in [0.25, 0.3) is 0 Å². The number of nitrogens with zero attached hydrogens (tertiary/aromatic N) is 2. The Labute approximate surface area is 96.1 Å². The van der Waals surface area contributed by atoms with Gasteiger partial charge in [0.15, 0.2) is 0 Å². The highest BCUT2D eigenvalue weighted by atomic mass is 16.3. The van der Waals surface area contributed by atoms with E-state index in [4.69, 9.17) is 5.73 Å². The summed E-state index contributed by atoms with van der Waals surface area (Å²) < 4.78 is 0. The molecule has 16 heavy (non-hydrogen) atoms. The summed E-state index contributed by atoms with van der Waals surface area (Å²) in [6.45, 7) is 6.42. The molecule has 5 nitrogen and oxygen atoms in total. The van der Waals surface area contributed by atoms with E-state index in [0.717, 1.165) is 11.4 Å². The van der Waals surface area contributed by atoms with Crippen LogP contribution in [0.1, 0.15) is 25.2 Å². The number of aliphatic hydroxyl groups is 1. The zero-order chi connectivity index (χ0) is 12.1. The third-order valence-corrected chi connectivity index (χ3v) is 2.43. The van der Waals surface area contributed by atoms with E-state index in [1.165, 1.54) is 0 Å². The van der Waals surface area contributed by atoms with Gasteiger partial charge in [0.25, 0.3) is 0 Å². The van der Waals surface area contributed by atoms with Gasteiger partial charge in [-0.1, -0.05) is 13.8 Å². The number of anilines is 1. The maximum Gasteiger partial charge on any atom is 0.223 e. The average Bonchev–Trinajstić information content (AvgIpc) is 2.24. The molecule has 0 aliphatic heterocycles. The zero-order valence-electron chi connectivity index (χ0n) is 10.1. The third-order valence-electron chi connectivity index (χ3n) is 2.43. The molecule has 0 aliphatic rings. The lowest BCUT2D eigenvalue weighted by Crippen LogP contribution is -2.30. The van der Waals surface area contributed by atoms with Crippen molar-refractivity contribution in [1.82, 2.24) is 9.97 Å². The number of aliphatic hydroxyl groups excluding tert-OH is 1. The molecule has 4 N–H and O–H groups in total. The molecule has 5 heteroatoms. The lowest BCUT2D eigenvalue weighted by atomic mass is 10.1. The van der Waals surface area contributed by atoms with Crippen molar-refractivity contribution in [2.75, 3.05) is 11.9 Å². The van der Waals surface area contributed by atoms with Crippen molar-refractivity contribution in [3.8, 4) is 0 Å². The topological polar surface area (TPSA) is 84.1 Å². The predicted octanol–water partition coefficient (Wildman–Crippen LogP) is 0.673. The molecule has 0 aromatic carbocycles. The number of nitrogens with one attached hydrogen (secondary N) is 1. The van der Waals surface area contributed by atoms with Crippen molar-refractivity contribution in [2.45, 2.75) is 33.4 Å². The number of nitrogens with two attached hydrogens (primary N) is 1. The standard InChI is InChI=1S/C11H20N4O/c1-7(2)10(6-16)15-11-13-8(3)4-9(5-12)14-11/h4,7,10,16H,5-6,12H2,1-3H3,(H,13,14,15). The highest BCUT2D eigenvalue weighted by Gasteiger charge is 2.13. The molecular weight excluding hydrogens is 204 g/mol. The van der Waals surface area contributed by atoms with Gasteiger partial charge in [0, 0.05) is 12.2 Å². The molecule has 1 aromatic rings. The minimum absolute atomic E-state index is 0.0348. The van der Waals surface area contributed by atoms with E-state index in [0.29, 0.717) is 18.4 Å². The highest BCUT2D eigenvalue weighted by molar-refractivity contribution is 5.29. The summed E-state index contributed by atoms with van der Waals surface area (Å²) in [6.07, 6.45) is 0. The first-order valence-electron chi connectivity index (χ1n) is 5.48. The van der Waals surface area contributed by atoms with Crippen molar-refractivity contribution < 1.29 is 5.11 Å². The normalized spacial score (nSPS) is 12.9. The molecule has 1 aromatic heterocycles. The monoisotopic (exact) mass is 224 g/mol. The first-order valence-corrected chi connectivity index (χ1v) is 5.48. The zero-order valence-corrected chi connectivity index (χ0v) is 10.1. The van der Waals surface area contributed by atoms with E-state index in [2.05, 4.69) is 15.3 Å². The van der Waals surface area contributed by atoms with Crippen LogP contribution in [0, 0.1) is 12.8 Å². The van der Waals surface area contributed by atoms with Crippen LogP contribution in [-0.4, -0.2) is 27.7 Å². The molecule has 1 atom stereocenters. The summed E-state index contributed by atoms with van der Waals surface area (Å²) in [5.41, 5.74) is 7.22. The van der Waals surface area contributed by atoms with E-state index in [1.807, 2.05) is 26.8 Å². The second-order valence-corrected chi connectivity index (χ2v) is 4.21. The van der Waals surface area contributed by atoms with Crippen LogP contribution in [0.15, 0.2) is 6.07 Å². The molecule has 0 amide bonds. The quantitative estimate of drug-likeness (QED) is 0.684. The fourth-order valence-electron chi connectivity index (χ4n) is 1.39. The number of rotatable bonds is 5. The van der Waals surface area contributed by atoms with Gasteiger partial charge in [-0.25, -0.2) is 9.97 Å². The minimum atomic E-state index is -0.0348. The Hall–Kier alpha value is -1.20. The molecule has 0 aliphatic carbocycles. The van der Waals surface area contributed by atoms with Crippen molar-refractivity contribution >= 4 is 5.95 Å². The number of aryl methyl sites for hydroxylation is 1. The van der Waals surface area contributed by atoms with Crippen molar-refractivity contribution in [2.24, 2.45) is 11.7 Å². The second kappa shape index (κ2) is 5.77. The summed E-state index contributed by atoms with van der Waals surface area (Å²) in [5, 5.41) is 12.3. The Bertz CT molecular complexity index is 341. The fourth-order valence-corrected chi connectivity index (χ4v) is 1.39. The van der Waals surface area contributed by atoms with Gasteiger partial charge in [0.1, 0.15) is 0 Å². The van der Waals surface area contributed by atoms with Crippen LogP contribution in [0.5, 0.6) is 0 Å². The Balaban J connectivity index is 2.83. The van der Waals surface area contributed by atoms with Crippen LogP contribution in [0.4, 0.5) is 5.95 Å². The van der Waals surface area contributed by atoms with Crippen LogP contribution in [0.2, 0.25) is 0 Å². The lowest BCUT2D eigenvalue weighted by molar-refractivity contribution is 0.248. The highest BCUT2D eigenvalue weighted by Crippen LogP contribution is 2.10. The number of aromatic nitrogens is 2. The average molecular weight is 224 g/mol. The Morgan fingerprint density at radius 2 is 2.12 bits per heavy atom. The van der Waals surface area contributed by atoms with Crippen molar-refractivity contribution in [3.63, 3.8) is 0 Å². The molecule has 0 spiro atoms. The number of hydrogen-bond donors (Lipinski definition) is 3. The largest absolute Gasteiger partial charge is 0.394 e. The Morgan fingerprint density at radius 3 is 2.62 bits per heavy atom. The Kier molecular flexibility index (Phi) is 4.64. The molecular formula is C11H20N4O. The van der Waals surface area contributed by atoms with Gasteiger partial charge in [0.2, 0.25) is 5.95 Å². The van der Waals surface area contributed by atoms with Gasteiger partial charge in [-0.2, -0.15) is 0 Å². The fraction of sp³-hybridized carbons (Fsp3) is 0.636. The summed E-state index contributed by atoms with van der Waals surface area (Å²) in [6, 6.07) is 1.82. The van der Waals surface area contributed by atoms with Crippen LogP contribution >= 0.6 is 0 Å². The number of hydrogen-bond acceptors (Lipinski definition) is 5. The van der Waals surface area contributed by atoms with Gasteiger partial charge >= 0.3 is 0 Å². The summed E-state index contributed by atoms with van der Waals surface area (Å²) >= 11 is 0. The second-order valence-electron chi connectivity index (χ2n) is 4.21. The summed E-state index contributed by atoms with van der Waals surface area (Å²) in [4.78, 5) is 8.53. The smallest absolute Gasteiger partial charge is 0.223 e. The molecule has 0 saturated carbocycles. The van der Waals surface area contributed by atoms with Crippen LogP contribution in [-0.2, 0) is 6.54 Å². The minimum Gasteiger partial charge on any atom is -0.394 e. The lowest BCUT2D eigenvalue weighted by Gasteiger charge is -2.20. The Morgan fingerprint density at radius 1 is 1.44 bits per heavy atom. The molecule has 1 unspecified atom stereocenters. The first kappa shape index (κ1) is 12.9. The van der Waals surface area contributed by atoms with Gasteiger partial charge in [-0.3, -0.25) is 0 Å². The first-order chi connectivity index (χ1) is 7.56. The molecule has 90 valence electrons. The molecule has 0 bridgehead atoms. The van der Waals surface area contributed by atoms with Gasteiger partial charge in [-0.15, -0.1) is 0 Å². The van der Waals surface area contributed by atoms with Gasteiger partial charge in [-0.05, 0) is 18.9 Å². The van der Waals surface area contributed by atoms with E-state index >= 15 is 0 Å². The van der Waals surface area contributed by atoms with Crippen molar-refractivity contribution in [1.29, 1.82) is 0 Å². The molecule has 0 radical (unpaired) electrons. The maximum absolute atomic E-state index is 9.21. The van der Waals surface area contributed by atoms with Crippen LogP contribution in [0.3, 0.4) is 0 Å². The van der Waals surface area contributed by atoms with Gasteiger partial charge in [0.05, 0.1) is 18.3 Å². The van der Waals surface area contributed by atoms with E-state index in [1.54, 1.807) is 0 Å². The van der Waals surface area contributed by atoms with Gasteiger partial charge < -0.3 is 16.2 Å². The van der Waals surface area contributed by atoms with E-state index in [9.17, 15) is 5.11 Å². The molecule has 1 heterocycles. The summed E-state index contributed by atoms with van der Waals surface area (Å²) in [7, 11) is 0. The summed E-state index contributed by atoms with van der Waals surface area (Å²) in [5.74, 6) is 0.851. The molecule has 0 fully saturated rings. The van der Waals surface area contributed by atoms with Crippen molar-refractivity contribution in [3.05, 3.63) is 17.5 Å². The van der Waals surface area contributed by atoms with Crippen LogP contribution < -0.4 is 11.1 Å². The molecule has 1 rings (SSSR count). The predicted molar refractivity (Wildman–Crippen MR) is 64.0 cm³/mol.